The number of aromatic nitrogens is 2. The summed E-state index contributed by atoms with van der Waals surface area (Å²) in [5, 5.41) is 17.6. The number of nitrogens with one attached hydrogen (secondary N) is 2. The summed E-state index contributed by atoms with van der Waals surface area (Å²) >= 11 is 2.87. The van der Waals surface area contributed by atoms with Crippen LogP contribution < -0.4 is 10.6 Å². The van der Waals surface area contributed by atoms with Crippen LogP contribution in [-0.4, -0.2) is 29.2 Å². The van der Waals surface area contributed by atoms with Crippen molar-refractivity contribution in [3.8, 4) is 0 Å². The molecule has 3 rings (SSSR count). The third-order valence-electron chi connectivity index (χ3n) is 3.17. The molecule has 124 valence electrons. The Balaban J connectivity index is 1.43. The molecule has 1 amide bonds. The molecular formula is C16H15FN4OS2. The Morgan fingerprint density at radius 2 is 1.96 bits per heavy atom. The van der Waals surface area contributed by atoms with Crippen molar-refractivity contribution < 1.29 is 9.18 Å². The van der Waals surface area contributed by atoms with E-state index in [9.17, 15) is 9.18 Å². The van der Waals surface area contributed by atoms with Gasteiger partial charge in [0.1, 0.15) is 10.8 Å². The van der Waals surface area contributed by atoms with Crippen molar-refractivity contribution in [3.63, 3.8) is 0 Å². The molecular weight excluding hydrogens is 347 g/mol. The highest BCUT2D eigenvalue weighted by Crippen LogP contribution is 2.18. The van der Waals surface area contributed by atoms with Crippen molar-refractivity contribution in [1.82, 2.24) is 15.5 Å². The third kappa shape index (κ3) is 4.59. The van der Waals surface area contributed by atoms with Crippen LogP contribution >= 0.6 is 22.7 Å². The molecule has 0 aliphatic carbocycles. The maximum Gasteiger partial charge on any atom is 0.261 e. The number of halogens is 1. The van der Waals surface area contributed by atoms with Crippen LogP contribution in [0.3, 0.4) is 0 Å². The second-order valence-electron chi connectivity index (χ2n) is 4.96. The van der Waals surface area contributed by atoms with Gasteiger partial charge < -0.3 is 10.6 Å². The fraction of sp³-hybridized carbons (Fsp3) is 0.188. The lowest BCUT2D eigenvalue weighted by Crippen LogP contribution is -2.28. The minimum atomic E-state index is -0.247. The van der Waals surface area contributed by atoms with Gasteiger partial charge in [-0.3, -0.25) is 4.79 Å². The van der Waals surface area contributed by atoms with E-state index in [-0.39, 0.29) is 11.7 Å². The summed E-state index contributed by atoms with van der Waals surface area (Å²) in [5.41, 5.74) is 0.988. The number of hydrogen-bond donors (Lipinski definition) is 2. The molecule has 2 N–H and O–H groups in total. The van der Waals surface area contributed by atoms with Gasteiger partial charge >= 0.3 is 0 Å². The van der Waals surface area contributed by atoms with Crippen LogP contribution in [0.25, 0.3) is 0 Å². The molecule has 0 unspecified atom stereocenters. The highest BCUT2D eigenvalue weighted by atomic mass is 32.1. The van der Waals surface area contributed by atoms with Gasteiger partial charge in [0.25, 0.3) is 5.91 Å². The first-order valence-corrected chi connectivity index (χ1v) is 9.03. The molecule has 0 aliphatic rings. The van der Waals surface area contributed by atoms with Crippen molar-refractivity contribution >= 4 is 33.7 Å². The van der Waals surface area contributed by atoms with Crippen molar-refractivity contribution in [1.29, 1.82) is 0 Å². The monoisotopic (exact) mass is 362 g/mol. The number of nitrogens with zero attached hydrogens (tertiary/aromatic N) is 2. The van der Waals surface area contributed by atoms with Gasteiger partial charge in [0.15, 0.2) is 0 Å². The molecule has 0 bridgehead atoms. The van der Waals surface area contributed by atoms with Gasteiger partial charge in [0, 0.05) is 19.5 Å². The molecule has 1 aromatic carbocycles. The van der Waals surface area contributed by atoms with Crippen molar-refractivity contribution in [2.75, 3.05) is 18.4 Å². The fourth-order valence-corrected chi connectivity index (χ4v) is 3.45. The Bertz CT molecular complexity index is 787. The van der Waals surface area contributed by atoms with Gasteiger partial charge in [0.2, 0.25) is 5.13 Å². The lowest BCUT2D eigenvalue weighted by Gasteiger charge is -2.03. The minimum absolute atomic E-state index is 0.0685. The number of thiophene rings is 1. The summed E-state index contributed by atoms with van der Waals surface area (Å²) in [6.07, 6.45) is 0.620. The predicted octanol–water partition coefficient (Wildman–Crippen LogP) is 3.17. The first-order valence-electron chi connectivity index (χ1n) is 7.33. The summed E-state index contributed by atoms with van der Waals surface area (Å²) in [4.78, 5) is 12.5. The van der Waals surface area contributed by atoms with Crippen LogP contribution in [0.2, 0.25) is 0 Å². The summed E-state index contributed by atoms with van der Waals surface area (Å²) < 4.78 is 12.9. The zero-order valence-electron chi connectivity index (χ0n) is 12.7. The Labute approximate surface area is 146 Å². The maximum atomic E-state index is 12.9. The van der Waals surface area contributed by atoms with Crippen molar-refractivity contribution in [3.05, 3.63) is 63.0 Å². The zero-order valence-corrected chi connectivity index (χ0v) is 14.3. The summed E-state index contributed by atoms with van der Waals surface area (Å²) in [6, 6.07) is 9.99. The van der Waals surface area contributed by atoms with Crippen LogP contribution in [0.1, 0.15) is 20.2 Å². The van der Waals surface area contributed by atoms with Gasteiger partial charge in [-0.2, -0.15) is 0 Å². The Morgan fingerprint density at radius 3 is 2.71 bits per heavy atom. The van der Waals surface area contributed by atoms with Gasteiger partial charge in [-0.1, -0.05) is 29.5 Å². The van der Waals surface area contributed by atoms with Gasteiger partial charge in [-0.05, 0) is 29.1 Å². The Hall–Kier alpha value is -2.32. The van der Waals surface area contributed by atoms with E-state index >= 15 is 0 Å². The van der Waals surface area contributed by atoms with E-state index in [1.807, 2.05) is 11.4 Å². The molecule has 2 aromatic heterocycles. The first kappa shape index (κ1) is 16.5. The van der Waals surface area contributed by atoms with Crippen LogP contribution in [-0.2, 0) is 6.42 Å². The van der Waals surface area contributed by atoms with Crippen LogP contribution in [0, 0.1) is 5.82 Å². The van der Waals surface area contributed by atoms with Gasteiger partial charge in [-0.15, -0.1) is 21.5 Å². The minimum Gasteiger partial charge on any atom is -0.358 e. The molecule has 3 aromatic rings. The Morgan fingerprint density at radius 1 is 1.12 bits per heavy atom. The SMILES string of the molecule is O=C(NCCNc1nnc(Cc2ccc(F)cc2)s1)c1cccs1. The van der Waals surface area contributed by atoms with Crippen LogP contribution in [0.5, 0.6) is 0 Å². The second kappa shape index (κ2) is 7.98. The zero-order chi connectivity index (χ0) is 16.8. The van der Waals surface area contributed by atoms with Crippen molar-refractivity contribution in [2.45, 2.75) is 6.42 Å². The molecule has 2 heterocycles. The molecule has 0 radical (unpaired) electrons. The molecule has 0 atom stereocenters. The summed E-state index contributed by atoms with van der Waals surface area (Å²) in [7, 11) is 0. The molecule has 8 heteroatoms. The molecule has 0 spiro atoms. The topological polar surface area (TPSA) is 66.9 Å². The summed E-state index contributed by atoms with van der Waals surface area (Å²) in [6.45, 7) is 1.08. The average molecular weight is 362 g/mol. The second-order valence-corrected chi connectivity index (χ2v) is 6.97. The van der Waals surface area contributed by atoms with E-state index in [2.05, 4.69) is 20.8 Å². The van der Waals surface area contributed by atoms with E-state index in [4.69, 9.17) is 0 Å². The number of hydrogen-bond acceptors (Lipinski definition) is 6. The van der Waals surface area contributed by atoms with Crippen LogP contribution in [0.15, 0.2) is 41.8 Å². The number of anilines is 1. The fourth-order valence-electron chi connectivity index (χ4n) is 2.01. The molecule has 0 saturated heterocycles. The first-order chi connectivity index (χ1) is 11.7. The highest BCUT2D eigenvalue weighted by Gasteiger charge is 2.07. The van der Waals surface area contributed by atoms with E-state index in [1.165, 1.54) is 34.8 Å². The highest BCUT2D eigenvalue weighted by molar-refractivity contribution is 7.15. The maximum absolute atomic E-state index is 12.9. The Kier molecular flexibility index (Phi) is 5.50. The number of benzene rings is 1. The molecule has 24 heavy (non-hydrogen) atoms. The van der Waals surface area contributed by atoms with E-state index in [0.717, 1.165) is 10.6 Å². The van der Waals surface area contributed by atoms with Crippen LogP contribution in [0.4, 0.5) is 9.52 Å². The van der Waals surface area contributed by atoms with Gasteiger partial charge in [-0.25, -0.2) is 4.39 Å². The molecule has 0 aliphatic heterocycles. The van der Waals surface area contributed by atoms with E-state index in [0.29, 0.717) is 29.5 Å². The lowest BCUT2D eigenvalue weighted by atomic mass is 10.2. The number of carbonyl (C=O) groups excluding carboxylic acids is 1. The van der Waals surface area contributed by atoms with E-state index in [1.54, 1.807) is 18.2 Å². The number of rotatable bonds is 7. The largest absolute Gasteiger partial charge is 0.358 e. The standard InChI is InChI=1S/C16H15FN4OS2/c17-12-5-3-11(4-6-12)10-14-20-21-16(24-14)19-8-7-18-15(22)13-2-1-9-23-13/h1-6,9H,7-8,10H2,(H,18,22)(H,19,21). The van der Waals surface area contributed by atoms with Crippen molar-refractivity contribution in [2.24, 2.45) is 0 Å². The molecule has 0 saturated carbocycles. The van der Waals surface area contributed by atoms with Gasteiger partial charge in [0.05, 0.1) is 4.88 Å². The smallest absolute Gasteiger partial charge is 0.261 e. The average Bonchev–Trinajstić information content (AvgIpc) is 3.25. The lowest BCUT2D eigenvalue weighted by molar-refractivity contribution is 0.0959. The quantitative estimate of drug-likeness (QED) is 0.634. The molecule has 0 fully saturated rings. The normalized spacial score (nSPS) is 10.5. The predicted molar refractivity (Wildman–Crippen MR) is 94.3 cm³/mol. The third-order valence-corrected chi connectivity index (χ3v) is 4.92. The van der Waals surface area contributed by atoms with E-state index < -0.39 is 0 Å². The number of carbonyl (C=O) groups is 1. The number of amides is 1. The summed E-state index contributed by atoms with van der Waals surface area (Å²) in [5.74, 6) is -0.316. The molecule has 5 nitrogen and oxygen atoms in total.